The number of esters is 1. The van der Waals surface area contributed by atoms with Gasteiger partial charge in [-0.25, -0.2) is 14.8 Å². The van der Waals surface area contributed by atoms with E-state index in [0.29, 0.717) is 10.9 Å². The van der Waals surface area contributed by atoms with Crippen molar-refractivity contribution >= 4 is 52.2 Å². The number of carbonyl (C=O) groups excluding carboxylic acids is 1. The normalized spacial score (nSPS) is 14.6. The van der Waals surface area contributed by atoms with E-state index in [2.05, 4.69) is 11.1 Å². The third-order valence-corrected chi connectivity index (χ3v) is 6.48. The average molecular weight is 471 g/mol. The molecule has 4 aromatic rings. The zero-order valence-electron chi connectivity index (χ0n) is 18.0. The Balaban J connectivity index is 1.59. The number of aliphatic imine (C=N–C) groups is 1. The van der Waals surface area contributed by atoms with E-state index in [9.17, 15) is 4.79 Å². The maximum atomic E-state index is 12.6. The van der Waals surface area contributed by atoms with Crippen LogP contribution in [0.2, 0.25) is 5.02 Å². The smallest absolute Gasteiger partial charge is 0.363 e. The van der Waals surface area contributed by atoms with Crippen molar-refractivity contribution in [3.8, 4) is 0 Å². The van der Waals surface area contributed by atoms with E-state index in [1.807, 2.05) is 80.6 Å². The third kappa shape index (κ3) is 4.70. The molecule has 0 radical (unpaired) electrons. The molecule has 0 spiro atoms. The van der Waals surface area contributed by atoms with Crippen molar-refractivity contribution in [1.29, 1.82) is 0 Å². The number of cyclic esters (lactones) is 1. The van der Waals surface area contributed by atoms with Gasteiger partial charge in [0.1, 0.15) is 5.03 Å². The number of benzene rings is 3. The summed E-state index contributed by atoms with van der Waals surface area (Å²) in [5.41, 5.74) is 4.96. The molecular weight excluding hydrogens is 452 g/mol. The summed E-state index contributed by atoms with van der Waals surface area (Å²) in [6.07, 6.45) is 1.75. The molecule has 1 aromatic heterocycles. The highest BCUT2D eigenvalue weighted by Gasteiger charge is 2.24. The molecule has 1 aliphatic heterocycles. The lowest BCUT2D eigenvalue weighted by Crippen LogP contribution is -2.05. The number of rotatable bonds is 4. The molecule has 0 unspecified atom stereocenters. The first-order valence-electron chi connectivity index (χ1n) is 10.4. The minimum atomic E-state index is -0.475. The third-order valence-electron chi connectivity index (χ3n) is 5.20. The Labute approximate surface area is 201 Å². The number of hydrogen-bond acceptors (Lipinski definition) is 5. The first kappa shape index (κ1) is 21.4. The van der Waals surface area contributed by atoms with Crippen LogP contribution in [0.3, 0.4) is 0 Å². The summed E-state index contributed by atoms with van der Waals surface area (Å²) in [4.78, 5) is 22.9. The SMILES string of the molecule is Cc1ccc(C2=NC(=Cc3cc4cc(C)ccc4nc3Sc3ccc(Cl)cc3)C(=O)O2)cc1. The Morgan fingerprint density at radius 3 is 2.39 bits per heavy atom. The van der Waals surface area contributed by atoms with E-state index in [1.54, 1.807) is 6.08 Å². The van der Waals surface area contributed by atoms with Crippen LogP contribution in [0, 0.1) is 13.8 Å². The number of hydrogen-bond donors (Lipinski definition) is 0. The fourth-order valence-corrected chi connectivity index (χ4v) is 4.47. The van der Waals surface area contributed by atoms with Gasteiger partial charge in [0.15, 0.2) is 5.70 Å². The second-order valence-electron chi connectivity index (χ2n) is 7.84. The second kappa shape index (κ2) is 8.85. The largest absolute Gasteiger partial charge is 0.402 e. The summed E-state index contributed by atoms with van der Waals surface area (Å²) in [6.45, 7) is 4.05. The minimum absolute atomic E-state index is 0.248. The molecule has 0 saturated heterocycles. The lowest BCUT2D eigenvalue weighted by Gasteiger charge is -2.09. The topological polar surface area (TPSA) is 51.5 Å². The predicted molar refractivity (Wildman–Crippen MR) is 134 cm³/mol. The van der Waals surface area contributed by atoms with Gasteiger partial charge >= 0.3 is 5.97 Å². The second-order valence-corrected chi connectivity index (χ2v) is 9.34. The van der Waals surface area contributed by atoms with Crippen LogP contribution in [0.5, 0.6) is 0 Å². The molecule has 162 valence electrons. The standard InChI is InChI=1S/C27H19ClN2O2S/c1-16-3-6-18(7-4-16)25-29-24(27(31)32-25)15-20-14-19-13-17(2)5-12-23(19)30-26(20)33-22-10-8-21(28)9-11-22/h3-15H,1-2H3. The maximum absolute atomic E-state index is 12.6. The predicted octanol–water partition coefficient (Wildman–Crippen LogP) is 7.00. The number of carbonyl (C=O) groups is 1. The van der Waals surface area contributed by atoms with Crippen LogP contribution < -0.4 is 0 Å². The van der Waals surface area contributed by atoms with Crippen molar-refractivity contribution in [2.45, 2.75) is 23.8 Å². The molecule has 0 aliphatic carbocycles. The van der Waals surface area contributed by atoms with E-state index in [0.717, 1.165) is 43.1 Å². The number of nitrogens with zero attached hydrogens (tertiary/aromatic N) is 2. The Hall–Kier alpha value is -3.41. The molecule has 1 aliphatic rings. The van der Waals surface area contributed by atoms with Crippen molar-refractivity contribution in [2.75, 3.05) is 0 Å². The molecule has 0 bridgehead atoms. The van der Waals surface area contributed by atoms with Crippen LogP contribution in [0.1, 0.15) is 22.3 Å². The molecule has 6 heteroatoms. The fraction of sp³-hybridized carbons (Fsp3) is 0.0741. The van der Waals surface area contributed by atoms with Crippen molar-refractivity contribution < 1.29 is 9.53 Å². The van der Waals surface area contributed by atoms with Crippen LogP contribution in [0.4, 0.5) is 0 Å². The zero-order chi connectivity index (χ0) is 22.9. The molecule has 4 nitrogen and oxygen atoms in total. The molecule has 5 rings (SSSR count). The molecule has 3 aromatic carbocycles. The summed E-state index contributed by atoms with van der Waals surface area (Å²) in [5.74, 6) is -0.167. The molecule has 0 saturated carbocycles. The van der Waals surface area contributed by atoms with Crippen LogP contribution in [-0.4, -0.2) is 16.9 Å². The van der Waals surface area contributed by atoms with Crippen molar-refractivity contribution in [3.05, 3.63) is 106 Å². The number of fused-ring (bicyclic) bond motifs is 1. The zero-order valence-corrected chi connectivity index (χ0v) is 19.6. The van der Waals surface area contributed by atoms with Gasteiger partial charge < -0.3 is 4.74 Å². The number of aryl methyl sites for hydroxylation is 2. The van der Waals surface area contributed by atoms with Gasteiger partial charge in [0.05, 0.1) is 5.52 Å². The lowest BCUT2D eigenvalue weighted by atomic mass is 10.1. The monoisotopic (exact) mass is 470 g/mol. The summed E-state index contributed by atoms with van der Waals surface area (Å²) >= 11 is 7.55. The average Bonchev–Trinajstić information content (AvgIpc) is 3.16. The molecular formula is C27H19ClN2O2S. The first-order valence-corrected chi connectivity index (χ1v) is 11.6. The Morgan fingerprint density at radius 1 is 0.909 bits per heavy atom. The molecule has 0 fully saturated rings. The maximum Gasteiger partial charge on any atom is 0.363 e. The Kier molecular flexibility index (Phi) is 5.75. The fourth-order valence-electron chi connectivity index (χ4n) is 3.47. The van der Waals surface area contributed by atoms with Gasteiger partial charge in [0, 0.05) is 26.4 Å². The summed E-state index contributed by atoms with van der Waals surface area (Å²) in [6, 6.07) is 23.5. The number of halogens is 1. The van der Waals surface area contributed by atoms with Gasteiger partial charge in [-0.3, -0.25) is 0 Å². The van der Waals surface area contributed by atoms with Crippen LogP contribution >= 0.6 is 23.4 Å². The van der Waals surface area contributed by atoms with Gasteiger partial charge in [-0.15, -0.1) is 0 Å². The highest BCUT2D eigenvalue weighted by atomic mass is 35.5. The quantitative estimate of drug-likeness (QED) is 0.238. The molecule has 0 N–H and O–H groups in total. The number of ether oxygens (including phenoxy) is 1. The van der Waals surface area contributed by atoms with E-state index in [1.165, 1.54) is 11.8 Å². The Morgan fingerprint density at radius 2 is 1.64 bits per heavy atom. The first-order chi connectivity index (χ1) is 15.9. The van der Waals surface area contributed by atoms with Gasteiger partial charge in [0.2, 0.25) is 5.90 Å². The molecule has 2 heterocycles. The van der Waals surface area contributed by atoms with Gasteiger partial charge in [0.25, 0.3) is 0 Å². The van der Waals surface area contributed by atoms with Crippen molar-refractivity contribution in [2.24, 2.45) is 4.99 Å². The van der Waals surface area contributed by atoms with Crippen molar-refractivity contribution in [3.63, 3.8) is 0 Å². The van der Waals surface area contributed by atoms with Crippen molar-refractivity contribution in [1.82, 2.24) is 4.98 Å². The van der Waals surface area contributed by atoms with Gasteiger partial charge in [-0.2, -0.15) is 0 Å². The summed E-state index contributed by atoms with van der Waals surface area (Å²) in [7, 11) is 0. The summed E-state index contributed by atoms with van der Waals surface area (Å²) < 4.78 is 5.45. The van der Waals surface area contributed by atoms with Crippen LogP contribution in [-0.2, 0) is 9.53 Å². The Bertz CT molecular complexity index is 1440. The number of aromatic nitrogens is 1. The lowest BCUT2D eigenvalue weighted by molar-refractivity contribution is -0.129. The van der Waals surface area contributed by atoms with E-state index in [4.69, 9.17) is 21.3 Å². The van der Waals surface area contributed by atoms with Gasteiger partial charge in [-0.05, 0) is 74.5 Å². The number of pyridine rings is 1. The highest BCUT2D eigenvalue weighted by molar-refractivity contribution is 7.99. The van der Waals surface area contributed by atoms with E-state index < -0.39 is 5.97 Å². The molecule has 0 atom stereocenters. The van der Waals surface area contributed by atoms with Crippen LogP contribution in [0.15, 0.2) is 93.4 Å². The molecule has 0 amide bonds. The molecule has 33 heavy (non-hydrogen) atoms. The highest BCUT2D eigenvalue weighted by Crippen LogP contribution is 2.34. The van der Waals surface area contributed by atoms with E-state index >= 15 is 0 Å². The van der Waals surface area contributed by atoms with Crippen LogP contribution in [0.25, 0.3) is 17.0 Å². The summed E-state index contributed by atoms with van der Waals surface area (Å²) in [5, 5.41) is 2.44. The minimum Gasteiger partial charge on any atom is -0.402 e. The van der Waals surface area contributed by atoms with E-state index in [-0.39, 0.29) is 5.70 Å². The van der Waals surface area contributed by atoms with Gasteiger partial charge in [-0.1, -0.05) is 52.7 Å².